The second-order valence-electron chi connectivity index (χ2n) is 7.59. The highest BCUT2D eigenvalue weighted by atomic mass is 35.5. The van der Waals surface area contributed by atoms with Crippen LogP contribution in [0.3, 0.4) is 0 Å². The van der Waals surface area contributed by atoms with Crippen LogP contribution in [0.4, 0.5) is 0 Å². The van der Waals surface area contributed by atoms with Crippen molar-refractivity contribution in [3.8, 4) is 5.75 Å². The van der Waals surface area contributed by atoms with Crippen LogP contribution in [0.1, 0.15) is 23.6 Å². The zero-order valence-corrected chi connectivity index (χ0v) is 19.4. The normalized spacial score (nSPS) is 12.8. The SMILES string of the molecule is Cc1c(Cl)cccc1S(=O)(=O)NCC(C)Oc1cccc(CN(C)Cc2ccoc2)c1. The van der Waals surface area contributed by atoms with E-state index in [2.05, 4.69) is 9.62 Å². The highest BCUT2D eigenvalue weighted by Crippen LogP contribution is 2.23. The maximum absolute atomic E-state index is 12.6. The molecule has 1 atom stereocenters. The number of hydrogen-bond donors (Lipinski definition) is 1. The van der Waals surface area contributed by atoms with E-state index in [0.717, 1.165) is 24.2 Å². The first kappa shape index (κ1) is 23.3. The van der Waals surface area contributed by atoms with Crippen molar-refractivity contribution in [2.24, 2.45) is 0 Å². The highest BCUT2D eigenvalue weighted by molar-refractivity contribution is 7.89. The van der Waals surface area contributed by atoms with E-state index in [1.165, 1.54) is 0 Å². The summed E-state index contributed by atoms with van der Waals surface area (Å²) in [4.78, 5) is 2.35. The van der Waals surface area contributed by atoms with Crippen LogP contribution in [0, 0.1) is 6.92 Å². The van der Waals surface area contributed by atoms with Gasteiger partial charge in [0.05, 0.1) is 17.4 Å². The van der Waals surface area contributed by atoms with Crippen molar-refractivity contribution in [1.82, 2.24) is 9.62 Å². The Hall–Kier alpha value is -2.32. The molecule has 1 aromatic heterocycles. The summed E-state index contributed by atoms with van der Waals surface area (Å²) in [6.07, 6.45) is 3.05. The molecule has 3 rings (SSSR count). The van der Waals surface area contributed by atoms with Gasteiger partial charge in [0.2, 0.25) is 10.0 Å². The second-order valence-corrected chi connectivity index (χ2v) is 9.74. The Labute approximate surface area is 188 Å². The van der Waals surface area contributed by atoms with Crippen LogP contribution in [0.5, 0.6) is 5.75 Å². The third-order valence-electron chi connectivity index (χ3n) is 4.79. The molecule has 1 N–H and O–H groups in total. The number of halogens is 1. The molecule has 0 saturated carbocycles. The third kappa shape index (κ3) is 6.58. The van der Waals surface area contributed by atoms with Crippen molar-refractivity contribution in [1.29, 1.82) is 0 Å². The smallest absolute Gasteiger partial charge is 0.241 e. The molecule has 0 bridgehead atoms. The van der Waals surface area contributed by atoms with E-state index in [0.29, 0.717) is 16.3 Å². The summed E-state index contributed by atoms with van der Waals surface area (Å²) >= 11 is 6.06. The number of nitrogens with one attached hydrogen (secondary N) is 1. The first-order chi connectivity index (χ1) is 14.7. The van der Waals surface area contributed by atoms with Gasteiger partial charge in [-0.25, -0.2) is 13.1 Å². The summed E-state index contributed by atoms with van der Waals surface area (Å²) in [6, 6.07) is 14.6. The van der Waals surface area contributed by atoms with Gasteiger partial charge in [-0.2, -0.15) is 0 Å². The van der Waals surface area contributed by atoms with Crippen LogP contribution < -0.4 is 9.46 Å². The van der Waals surface area contributed by atoms with E-state index in [1.54, 1.807) is 37.6 Å². The van der Waals surface area contributed by atoms with E-state index in [-0.39, 0.29) is 17.5 Å². The molecule has 1 heterocycles. The molecule has 3 aromatic rings. The minimum atomic E-state index is -3.68. The lowest BCUT2D eigenvalue weighted by atomic mass is 10.2. The lowest BCUT2D eigenvalue weighted by molar-refractivity contribution is 0.224. The number of nitrogens with zero attached hydrogens (tertiary/aromatic N) is 1. The summed E-state index contributed by atoms with van der Waals surface area (Å²) in [6.45, 7) is 5.18. The molecule has 31 heavy (non-hydrogen) atoms. The molecule has 8 heteroatoms. The quantitative estimate of drug-likeness (QED) is 0.476. The van der Waals surface area contributed by atoms with Crippen molar-refractivity contribution in [3.63, 3.8) is 0 Å². The lowest BCUT2D eigenvalue weighted by Crippen LogP contribution is -2.34. The fourth-order valence-corrected chi connectivity index (χ4v) is 4.85. The number of benzene rings is 2. The van der Waals surface area contributed by atoms with Crippen LogP contribution in [0.25, 0.3) is 0 Å². The number of hydrogen-bond acceptors (Lipinski definition) is 5. The third-order valence-corrected chi connectivity index (χ3v) is 6.77. The predicted octanol–water partition coefficient (Wildman–Crippen LogP) is 4.62. The molecule has 166 valence electrons. The van der Waals surface area contributed by atoms with Gasteiger partial charge in [-0.1, -0.05) is 29.8 Å². The maximum atomic E-state index is 12.6. The largest absolute Gasteiger partial charge is 0.489 e. The number of sulfonamides is 1. The van der Waals surface area contributed by atoms with Gasteiger partial charge in [0.1, 0.15) is 11.9 Å². The minimum absolute atomic E-state index is 0.138. The average molecular weight is 463 g/mol. The topological polar surface area (TPSA) is 71.8 Å². The summed E-state index contributed by atoms with van der Waals surface area (Å²) in [5, 5.41) is 0.418. The molecule has 2 aromatic carbocycles. The van der Waals surface area contributed by atoms with Crippen LogP contribution in [0.2, 0.25) is 5.02 Å². The number of furan rings is 1. The van der Waals surface area contributed by atoms with E-state index in [4.69, 9.17) is 20.8 Å². The Morgan fingerprint density at radius 1 is 1.13 bits per heavy atom. The average Bonchev–Trinajstić information content (AvgIpc) is 3.21. The Kier molecular flexibility index (Phi) is 7.78. The van der Waals surface area contributed by atoms with Gasteiger partial charge in [-0.15, -0.1) is 0 Å². The standard InChI is InChI=1S/C23H27ClN2O4S/c1-17(13-25-31(27,28)23-9-5-8-22(24)18(23)2)30-21-7-4-6-19(12-21)14-26(3)15-20-10-11-29-16-20/h4-12,16-17,25H,13-15H2,1-3H3. The number of ether oxygens (including phenoxy) is 1. The predicted molar refractivity (Wildman–Crippen MR) is 122 cm³/mol. The van der Waals surface area contributed by atoms with Gasteiger partial charge in [0, 0.05) is 30.2 Å². The van der Waals surface area contributed by atoms with Gasteiger partial charge in [0.25, 0.3) is 0 Å². The Balaban J connectivity index is 1.56. The molecule has 1 unspecified atom stereocenters. The minimum Gasteiger partial charge on any atom is -0.489 e. The number of rotatable bonds is 10. The van der Waals surface area contributed by atoms with Crippen LogP contribution in [-0.4, -0.2) is 33.0 Å². The van der Waals surface area contributed by atoms with Crippen molar-refractivity contribution >= 4 is 21.6 Å². The molecule has 0 aliphatic rings. The molecule has 0 aliphatic heterocycles. The van der Waals surface area contributed by atoms with Gasteiger partial charge in [-0.3, -0.25) is 4.90 Å². The van der Waals surface area contributed by atoms with E-state index in [9.17, 15) is 8.42 Å². The van der Waals surface area contributed by atoms with Crippen molar-refractivity contribution in [2.75, 3.05) is 13.6 Å². The highest BCUT2D eigenvalue weighted by Gasteiger charge is 2.19. The first-order valence-electron chi connectivity index (χ1n) is 9.94. The second kappa shape index (κ2) is 10.3. The molecular weight excluding hydrogens is 436 g/mol. The van der Waals surface area contributed by atoms with E-state index in [1.807, 2.05) is 44.3 Å². The summed E-state index contributed by atoms with van der Waals surface area (Å²) in [5.41, 5.74) is 2.74. The van der Waals surface area contributed by atoms with Crippen LogP contribution in [0.15, 0.2) is 70.4 Å². The molecule has 0 fully saturated rings. The fourth-order valence-electron chi connectivity index (χ4n) is 3.24. The van der Waals surface area contributed by atoms with Crippen LogP contribution >= 0.6 is 11.6 Å². The Bertz CT molecular complexity index is 1100. The summed E-state index contributed by atoms with van der Waals surface area (Å²) in [5.74, 6) is 0.694. The van der Waals surface area contributed by atoms with Crippen molar-refractivity contribution in [3.05, 3.63) is 82.8 Å². The Morgan fingerprint density at radius 3 is 2.61 bits per heavy atom. The zero-order chi connectivity index (χ0) is 22.4. The molecular formula is C23H27ClN2O4S. The molecule has 0 amide bonds. The maximum Gasteiger partial charge on any atom is 0.241 e. The monoisotopic (exact) mass is 462 g/mol. The fraction of sp³-hybridized carbons (Fsp3) is 0.304. The van der Waals surface area contributed by atoms with Gasteiger partial charge >= 0.3 is 0 Å². The van der Waals surface area contributed by atoms with Gasteiger partial charge in [-0.05, 0) is 62.4 Å². The molecule has 0 radical (unpaired) electrons. The zero-order valence-electron chi connectivity index (χ0n) is 17.8. The first-order valence-corrected chi connectivity index (χ1v) is 11.8. The molecule has 6 nitrogen and oxygen atoms in total. The molecule has 0 saturated heterocycles. The van der Waals surface area contributed by atoms with Crippen molar-refractivity contribution < 1.29 is 17.6 Å². The summed E-state index contributed by atoms with van der Waals surface area (Å²) in [7, 11) is -1.64. The van der Waals surface area contributed by atoms with Crippen LogP contribution in [-0.2, 0) is 23.1 Å². The van der Waals surface area contributed by atoms with E-state index >= 15 is 0 Å². The summed E-state index contributed by atoms with van der Waals surface area (Å²) < 4.78 is 38.9. The molecule has 0 aliphatic carbocycles. The van der Waals surface area contributed by atoms with Gasteiger partial charge < -0.3 is 9.15 Å². The van der Waals surface area contributed by atoms with Crippen molar-refractivity contribution in [2.45, 2.75) is 37.9 Å². The Morgan fingerprint density at radius 2 is 1.87 bits per heavy atom. The lowest BCUT2D eigenvalue weighted by Gasteiger charge is -2.19. The van der Waals surface area contributed by atoms with Gasteiger partial charge in [0.15, 0.2) is 0 Å². The van der Waals surface area contributed by atoms with E-state index < -0.39 is 10.0 Å². The molecule has 0 spiro atoms.